The van der Waals surface area contributed by atoms with E-state index < -0.39 is 0 Å². The van der Waals surface area contributed by atoms with Crippen LogP contribution < -0.4 is 5.32 Å². The average molecular weight is 236 g/mol. The Labute approximate surface area is 101 Å². The van der Waals surface area contributed by atoms with Crippen molar-refractivity contribution in [3.8, 4) is 6.07 Å². The van der Waals surface area contributed by atoms with E-state index >= 15 is 0 Å². The van der Waals surface area contributed by atoms with Crippen LogP contribution in [0.25, 0.3) is 0 Å². The quantitative estimate of drug-likeness (QED) is 0.823. The predicted molar refractivity (Wildman–Crippen MR) is 63.9 cm³/mol. The molecular formula is C13H17FN2O. The molecular weight excluding hydrogens is 219 g/mol. The smallest absolute Gasteiger partial charge is 0.124 e. The highest BCUT2D eigenvalue weighted by molar-refractivity contribution is 5.33. The SMILES string of the molecule is COCCC(C)NCc1cc(F)cc(C#N)c1. The summed E-state index contributed by atoms with van der Waals surface area (Å²) in [5.74, 6) is -0.370. The van der Waals surface area contributed by atoms with Crippen LogP contribution in [-0.2, 0) is 11.3 Å². The lowest BCUT2D eigenvalue weighted by Crippen LogP contribution is -2.26. The molecule has 0 saturated carbocycles. The third kappa shape index (κ3) is 4.94. The summed E-state index contributed by atoms with van der Waals surface area (Å²) in [4.78, 5) is 0. The highest BCUT2D eigenvalue weighted by Crippen LogP contribution is 2.08. The Kier molecular flexibility index (Phi) is 5.61. The molecule has 1 N–H and O–H groups in total. The first-order valence-electron chi connectivity index (χ1n) is 5.57. The monoisotopic (exact) mass is 236 g/mol. The lowest BCUT2D eigenvalue weighted by atomic mass is 10.1. The third-order valence-corrected chi connectivity index (χ3v) is 2.50. The highest BCUT2D eigenvalue weighted by Gasteiger charge is 2.03. The molecule has 3 nitrogen and oxygen atoms in total. The summed E-state index contributed by atoms with van der Waals surface area (Å²) in [7, 11) is 1.67. The standard InChI is InChI=1S/C13H17FN2O/c1-10(3-4-17-2)16-9-12-5-11(8-15)6-13(14)7-12/h5-7,10,16H,3-4,9H2,1-2H3. The summed E-state index contributed by atoms with van der Waals surface area (Å²) in [6.45, 7) is 3.29. The molecule has 0 radical (unpaired) electrons. The fraction of sp³-hybridized carbons (Fsp3) is 0.462. The Bertz CT molecular complexity index is 401. The molecule has 92 valence electrons. The summed E-state index contributed by atoms with van der Waals surface area (Å²) in [6, 6.07) is 6.61. The summed E-state index contributed by atoms with van der Waals surface area (Å²) in [5.41, 5.74) is 1.14. The summed E-state index contributed by atoms with van der Waals surface area (Å²) in [5, 5.41) is 12.0. The van der Waals surface area contributed by atoms with E-state index in [0.717, 1.165) is 12.0 Å². The molecule has 0 fully saturated rings. The van der Waals surface area contributed by atoms with E-state index in [0.29, 0.717) is 24.8 Å². The zero-order valence-electron chi connectivity index (χ0n) is 10.2. The maximum Gasteiger partial charge on any atom is 0.124 e. The van der Waals surface area contributed by atoms with E-state index in [2.05, 4.69) is 5.32 Å². The Morgan fingerprint density at radius 3 is 2.88 bits per heavy atom. The van der Waals surface area contributed by atoms with Gasteiger partial charge in [0.15, 0.2) is 0 Å². The molecule has 1 aromatic carbocycles. The van der Waals surface area contributed by atoms with Gasteiger partial charge in [-0.1, -0.05) is 0 Å². The van der Waals surface area contributed by atoms with Gasteiger partial charge in [-0.3, -0.25) is 0 Å². The minimum atomic E-state index is -0.370. The first-order chi connectivity index (χ1) is 8.15. The maximum atomic E-state index is 13.1. The number of hydrogen-bond donors (Lipinski definition) is 1. The van der Waals surface area contributed by atoms with Gasteiger partial charge in [-0.2, -0.15) is 5.26 Å². The lowest BCUT2D eigenvalue weighted by Gasteiger charge is -2.13. The number of methoxy groups -OCH3 is 1. The number of halogens is 1. The second kappa shape index (κ2) is 7.00. The lowest BCUT2D eigenvalue weighted by molar-refractivity contribution is 0.184. The highest BCUT2D eigenvalue weighted by atomic mass is 19.1. The van der Waals surface area contributed by atoms with Crippen molar-refractivity contribution in [2.75, 3.05) is 13.7 Å². The van der Waals surface area contributed by atoms with Gasteiger partial charge in [0, 0.05) is 26.3 Å². The second-order valence-corrected chi connectivity index (χ2v) is 4.02. The summed E-state index contributed by atoms with van der Waals surface area (Å²) >= 11 is 0. The number of nitriles is 1. The molecule has 1 unspecified atom stereocenters. The average Bonchev–Trinajstić information content (AvgIpc) is 2.33. The van der Waals surface area contributed by atoms with Crippen LogP contribution in [0.2, 0.25) is 0 Å². The molecule has 0 bridgehead atoms. The van der Waals surface area contributed by atoms with Crippen molar-refractivity contribution >= 4 is 0 Å². The van der Waals surface area contributed by atoms with Gasteiger partial charge in [0.25, 0.3) is 0 Å². The molecule has 17 heavy (non-hydrogen) atoms. The van der Waals surface area contributed by atoms with Crippen molar-refractivity contribution < 1.29 is 9.13 Å². The predicted octanol–water partition coefficient (Wildman–Crippen LogP) is 2.21. The fourth-order valence-corrected chi connectivity index (χ4v) is 1.51. The van der Waals surface area contributed by atoms with E-state index in [1.165, 1.54) is 12.1 Å². The minimum Gasteiger partial charge on any atom is -0.385 e. The van der Waals surface area contributed by atoms with Crippen molar-refractivity contribution in [2.45, 2.75) is 25.9 Å². The first-order valence-corrected chi connectivity index (χ1v) is 5.57. The van der Waals surface area contributed by atoms with Gasteiger partial charge >= 0.3 is 0 Å². The molecule has 4 heteroatoms. The third-order valence-electron chi connectivity index (χ3n) is 2.50. The molecule has 1 aromatic rings. The van der Waals surface area contributed by atoms with E-state index in [-0.39, 0.29) is 5.82 Å². The van der Waals surface area contributed by atoms with Crippen LogP contribution in [0.5, 0.6) is 0 Å². The number of benzene rings is 1. The number of nitrogens with one attached hydrogen (secondary N) is 1. The van der Waals surface area contributed by atoms with Gasteiger partial charge in [0.2, 0.25) is 0 Å². The van der Waals surface area contributed by atoms with E-state index in [4.69, 9.17) is 10.00 Å². The molecule has 0 aromatic heterocycles. The van der Waals surface area contributed by atoms with Gasteiger partial charge in [-0.25, -0.2) is 4.39 Å². The molecule has 0 spiro atoms. The minimum absolute atomic E-state index is 0.295. The molecule has 0 saturated heterocycles. The zero-order valence-corrected chi connectivity index (χ0v) is 10.2. The molecule has 0 aliphatic carbocycles. The number of ether oxygens (including phenoxy) is 1. The van der Waals surface area contributed by atoms with Gasteiger partial charge in [0.1, 0.15) is 5.82 Å². The number of nitrogens with zero attached hydrogens (tertiary/aromatic N) is 1. The van der Waals surface area contributed by atoms with Crippen LogP contribution in [0.4, 0.5) is 4.39 Å². The molecule has 0 amide bonds. The summed E-state index contributed by atoms with van der Waals surface area (Å²) < 4.78 is 18.1. The fourth-order valence-electron chi connectivity index (χ4n) is 1.51. The Morgan fingerprint density at radius 1 is 1.47 bits per heavy atom. The Balaban J connectivity index is 2.51. The number of rotatable bonds is 6. The normalized spacial score (nSPS) is 12.1. The second-order valence-electron chi connectivity index (χ2n) is 4.02. The number of hydrogen-bond acceptors (Lipinski definition) is 3. The van der Waals surface area contributed by atoms with Crippen molar-refractivity contribution in [2.24, 2.45) is 0 Å². The molecule has 1 rings (SSSR count). The van der Waals surface area contributed by atoms with Crippen LogP contribution in [0.1, 0.15) is 24.5 Å². The van der Waals surface area contributed by atoms with Crippen molar-refractivity contribution in [1.82, 2.24) is 5.32 Å². The molecule has 0 aliphatic heterocycles. The van der Waals surface area contributed by atoms with Crippen molar-refractivity contribution in [1.29, 1.82) is 5.26 Å². The van der Waals surface area contributed by atoms with E-state index in [1.807, 2.05) is 13.0 Å². The van der Waals surface area contributed by atoms with Gasteiger partial charge in [-0.15, -0.1) is 0 Å². The molecule has 0 aliphatic rings. The Hall–Kier alpha value is -1.44. The van der Waals surface area contributed by atoms with Gasteiger partial charge < -0.3 is 10.1 Å². The van der Waals surface area contributed by atoms with Gasteiger partial charge in [-0.05, 0) is 37.1 Å². The van der Waals surface area contributed by atoms with Crippen LogP contribution in [0.15, 0.2) is 18.2 Å². The van der Waals surface area contributed by atoms with Crippen molar-refractivity contribution in [3.63, 3.8) is 0 Å². The summed E-state index contributed by atoms with van der Waals surface area (Å²) in [6.07, 6.45) is 0.900. The first kappa shape index (κ1) is 13.6. The van der Waals surface area contributed by atoms with Crippen LogP contribution >= 0.6 is 0 Å². The van der Waals surface area contributed by atoms with Crippen molar-refractivity contribution in [3.05, 3.63) is 35.1 Å². The van der Waals surface area contributed by atoms with E-state index in [9.17, 15) is 4.39 Å². The Morgan fingerprint density at radius 2 is 2.24 bits per heavy atom. The van der Waals surface area contributed by atoms with Gasteiger partial charge in [0.05, 0.1) is 11.6 Å². The topological polar surface area (TPSA) is 45.0 Å². The largest absolute Gasteiger partial charge is 0.385 e. The molecule has 0 heterocycles. The zero-order chi connectivity index (χ0) is 12.7. The maximum absolute atomic E-state index is 13.1. The van der Waals surface area contributed by atoms with Crippen LogP contribution in [-0.4, -0.2) is 19.8 Å². The van der Waals surface area contributed by atoms with E-state index in [1.54, 1.807) is 13.2 Å². The molecule has 1 atom stereocenters. The van der Waals surface area contributed by atoms with Crippen LogP contribution in [0, 0.1) is 17.1 Å². The van der Waals surface area contributed by atoms with Crippen LogP contribution in [0.3, 0.4) is 0 Å².